The van der Waals surface area contributed by atoms with Gasteiger partial charge < -0.3 is 20.1 Å². The van der Waals surface area contributed by atoms with Crippen molar-refractivity contribution in [2.75, 3.05) is 33.9 Å². The number of ether oxygens (including phenoxy) is 2. The topological polar surface area (TPSA) is 54.9 Å². The van der Waals surface area contributed by atoms with Crippen LogP contribution in [0.4, 0.5) is 0 Å². The van der Waals surface area contributed by atoms with Crippen molar-refractivity contribution in [3.63, 3.8) is 0 Å². The Balaban J connectivity index is 2.91. The Morgan fingerprint density at radius 1 is 1.12 bits per heavy atom. The number of nitrogens with one attached hydrogen (secondary N) is 2. The first-order chi connectivity index (χ1) is 11.3. The van der Waals surface area contributed by atoms with Gasteiger partial charge in [-0.05, 0) is 30.5 Å². The summed E-state index contributed by atoms with van der Waals surface area (Å²) in [6, 6.07) is 6.05. The summed E-state index contributed by atoms with van der Waals surface area (Å²) in [4.78, 5) is 4.75. The molecule has 1 aromatic rings. The molecule has 24 heavy (non-hydrogen) atoms. The summed E-state index contributed by atoms with van der Waals surface area (Å²) in [5.74, 6) is 2.93. The van der Waals surface area contributed by atoms with Gasteiger partial charge in [0.2, 0.25) is 0 Å². The van der Waals surface area contributed by atoms with Crippen molar-refractivity contribution in [1.29, 1.82) is 0 Å². The molecule has 0 aromatic heterocycles. The summed E-state index contributed by atoms with van der Waals surface area (Å²) in [5.41, 5.74) is 1.06. The van der Waals surface area contributed by atoms with Crippen LogP contribution in [0.1, 0.15) is 40.2 Å². The van der Waals surface area contributed by atoms with Crippen molar-refractivity contribution >= 4 is 5.96 Å². The minimum absolute atomic E-state index is 0.111. The predicted molar refractivity (Wildman–Crippen MR) is 101 cm³/mol. The van der Waals surface area contributed by atoms with Crippen LogP contribution in [0.15, 0.2) is 23.2 Å². The molecule has 0 unspecified atom stereocenters. The van der Waals surface area contributed by atoms with Crippen LogP contribution in [0, 0.1) is 5.92 Å². The Bertz CT molecular complexity index is 539. The van der Waals surface area contributed by atoms with Crippen molar-refractivity contribution in [2.45, 2.75) is 40.0 Å². The molecule has 0 spiro atoms. The molecule has 5 heteroatoms. The van der Waals surface area contributed by atoms with E-state index in [1.807, 2.05) is 12.1 Å². The van der Waals surface area contributed by atoms with Gasteiger partial charge in [-0.25, -0.2) is 0 Å². The zero-order chi connectivity index (χ0) is 18.2. The van der Waals surface area contributed by atoms with Gasteiger partial charge in [0.05, 0.1) is 20.8 Å². The van der Waals surface area contributed by atoms with Gasteiger partial charge in [0.15, 0.2) is 17.5 Å². The molecule has 0 aliphatic carbocycles. The molecule has 0 heterocycles. The summed E-state index contributed by atoms with van der Waals surface area (Å²) >= 11 is 0. The molecule has 1 rings (SSSR count). The highest BCUT2D eigenvalue weighted by atomic mass is 16.5. The second-order valence-electron chi connectivity index (χ2n) is 6.92. The number of methoxy groups -OCH3 is 2. The van der Waals surface area contributed by atoms with Crippen molar-refractivity contribution in [3.05, 3.63) is 23.8 Å². The van der Waals surface area contributed by atoms with Crippen molar-refractivity contribution in [2.24, 2.45) is 10.9 Å². The molecule has 0 radical (unpaired) electrons. The van der Waals surface area contributed by atoms with E-state index in [0.717, 1.165) is 30.5 Å². The molecule has 0 aliphatic heterocycles. The summed E-state index contributed by atoms with van der Waals surface area (Å²) < 4.78 is 10.7. The average Bonchev–Trinajstić information content (AvgIpc) is 2.56. The molecule has 0 atom stereocenters. The van der Waals surface area contributed by atoms with Crippen molar-refractivity contribution < 1.29 is 9.47 Å². The molecule has 5 nitrogen and oxygen atoms in total. The Kier molecular flexibility index (Phi) is 7.89. The van der Waals surface area contributed by atoms with E-state index in [2.05, 4.69) is 51.3 Å². The van der Waals surface area contributed by atoms with E-state index < -0.39 is 0 Å². The summed E-state index contributed by atoms with van der Waals surface area (Å²) in [6.45, 7) is 13.2. The monoisotopic (exact) mass is 335 g/mol. The standard InChI is InChI=1S/C19H33N3O2/c1-8-20-18(21-12-14(2)3)22-13-19(4,5)15-9-10-16(23-6)17(11-15)24-7/h9-11,14H,8,12-13H2,1-7H3,(H2,20,21,22). The summed E-state index contributed by atoms with van der Waals surface area (Å²) in [6.07, 6.45) is 0. The van der Waals surface area contributed by atoms with Gasteiger partial charge in [-0.3, -0.25) is 4.99 Å². The lowest BCUT2D eigenvalue weighted by Gasteiger charge is -2.25. The third-order valence-electron chi connectivity index (χ3n) is 3.82. The minimum atomic E-state index is -0.111. The molecule has 136 valence electrons. The number of guanidine groups is 1. The Morgan fingerprint density at radius 3 is 2.33 bits per heavy atom. The van der Waals surface area contributed by atoms with Crippen molar-refractivity contribution in [1.82, 2.24) is 10.6 Å². The first-order valence-electron chi connectivity index (χ1n) is 8.58. The van der Waals surface area contributed by atoms with E-state index in [1.165, 1.54) is 5.56 Å². The lowest BCUT2D eigenvalue weighted by atomic mass is 9.84. The maximum atomic E-state index is 5.42. The fourth-order valence-electron chi connectivity index (χ4n) is 2.27. The highest BCUT2D eigenvalue weighted by Gasteiger charge is 2.22. The van der Waals surface area contributed by atoms with Gasteiger partial charge >= 0.3 is 0 Å². The Morgan fingerprint density at radius 2 is 1.79 bits per heavy atom. The second-order valence-corrected chi connectivity index (χ2v) is 6.92. The molecule has 0 fully saturated rings. The zero-order valence-electron chi connectivity index (χ0n) is 16.2. The van der Waals surface area contributed by atoms with Crippen LogP contribution in [-0.4, -0.2) is 39.8 Å². The third kappa shape index (κ3) is 5.95. The van der Waals surface area contributed by atoms with E-state index in [0.29, 0.717) is 12.5 Å². The third-order valence-corrected chi connectivity index (χ3v) is 3.82. The Hall–Kier alpha value is -1.91. The number of hydrogen-bond acceptors (Lipinski definition) is 3. The van der Waals surface area contributed by atoms with Crippen LogP contribution >= 0.6 is 0 Å². The van der Waals surface area contributed by atoms with E-state index in [9.17, 15) is 0 Å². The zero-order valence-corrected chi connectivity index (χ0v) is 16.2. The predicted octanol–water partition coefficient (Wildman–Crippen LogP) is 3.19. The highest BCUT2D eigenvalue weighted by molar-refractivity contribution is 5.79. The van der Waals surface area contributed by atoms with E-state index in [1.54, 1.807) is 14.2 Å². The smallest absolute Gasteiger partial charge is 0.191 e. The fourth-order valence-corrected chi connectivity index (χ4v) is 2.27. The number of benzene rings is 1. The first-order valence-corrected chi connectivity index (χ1v) is 8.58. The molecule has 0 bridgehead atoms. The first kappa shape index (κ1) is 20.1. The molecule has 2 N–H and O–H groups in total. The van der Waals surface area contributed by atoms with Crippen LogP contribution in [0.5, 0.6) is 11.5 Å². The van der Waals surface area contributed by atoms with E-state index in [4.69, 9.17) is 14.5 Å². The lowest BCUT2D eigenvalue weighted by molar-refractivity contribution is 0.353. The van der Waals surface area contributed by atoms with Crippen molar-refractivity contribution in [3.8, 4) is 11.5 Å². The second kappa shape index (κ2) is 9.40. The maximum absolute atomic E-state index is 5.42. The van der Waals surface area contributed by atoms with E-state index in [-0.39, 0.29) is 5.41 Å². The number of rotatable bonds is 8. The summed E-state index contributed by atoms with van der Waals surface area (Å²) in [5, 5.41) is 6.68. The van der Waals surface area contributed by atoms with Crippen LogP contribution in [0.2, 0.25) is 0 Å². The van der Waals surface area contributed by atoms with Crippen LogP contribution in [0.25, 0.3) is 0 Å². The summed E-state index contributed by atoms with van der Waals surface area (Å²) in [7, 11) is 3.31. The van der Waals surface area contributed by atoms with Gasteiger partial charge in [-0.15, -0.1) is 0 Å². The Labute approximate surface area is 146 Å². The van der Waals surface area contributed by atoms with Crippen LogP contribution in [-0.2, 0) is 5.41 Å². The van der Waals surface area contributed by atoms with Gasteiger partial charge in [0.25, 0.3) is 0 Å². The highest BCUT2D eigenvalue weighted by Crippen LogP contribution is 2.33. The van der Waals surface area contributed by atoms with Crippen LogP contribution in [0.3, 0.4) is 0 Å². The molecular weight excluding hydrogens is 302 g/mol. The quantitative estimate of drug-likeness (QED) is 0.566. The molecular formula is C19H33N3O2. The molecule has 0 amide bonds. The fraction of sp³-hybridized carbons (Fsp3) is 0.632. The van der Waals surface area contributed by atoms with Gasteiger partial charge in [0, 0.05) is 18.5 Å². The molecule has 0 saturated carbocycles. The average molecular weight is 335 g/mol. The SMILES string of the molecule is CCNC(=NCC(C)(C)c1ccc(OC)c(OC)c1)NCC(C)C. The molecule has 0 saturated heterocycles. The largest absolute Gasteiger partial charge is 0.493 e. The minimum Gasteiger partial charge on any atom is -0.493 e. The van der Waals surface area contributed by atoms with Gasteiger partial charge in [-0.2, -0.15) is 0 Å². The normalized spacial score (nSPS) is 12.2. The number of nitrogens with zero attached hydrogens (tertiary/aromatic N) is 1. The molecule has 1 aromatic carbocycles. The molecule has 0 aliphatic rings. The van der Waals surface area contributed by atoms with Crippen LogP contribution < -0.4 is 20.1 Å². The number of aliphatic imine (C=N–C) groups is 1. The maximum Gasteiger partial charge on any atom is 0.191 e. The van der Waals surface area contributed by atoms with Gasteiger partial charge in [-0.1, -0.05) is 33.8 Å². The number of hydrogen-bond donors (Lipinski definition) is 2. The lowest BCUT2D eigenvalue weighted by Crippen LogP contribution is -2.40. The van der Waals surface area contributed by atoms with Gasteiger partial charge in [0.1, 0.15) is 0 Å². The van der Waals surface area contributed by atoms with E-state index >= 15 is 0 Å².